The van der Waals surface area contributed by atoms with Crippen molar-refractivity contribution in [2.45, 2.75) is 38.1 Å². The number of primary amides is 1. The van der Waals surface area contributed by atoms with E-state index in [0.29, 0.717) is 10.8 Å². The molecule has 0 saturated heterocycles. The maximum Gasteiger partial charge on any atom is 0.219 e. The van der Waals surface area contributed by atoms with Crippen LogP contribution in [0.15, 0.2) is 18.2 Å². The van der Waals surface area contributed by atoms with E-state index in [1.807, 2.05) is 37.5 Å². The standard InChI is InChI=1S/C14H17Cl2N3O/c1-8(15)13-18-10-5-4-9(16)6-11(10)19(13)14(2,3)7-12(17)20/h4-6,8H,7H2,1-3H3,(H2,17,20). The third-order valence-corrected chi connectivity index (χ3v) is 3.64. The van der Waals surface area contributed by atoms with Crippen LogP contribution in [0.25, 0.3) is 11.0 Å². The number of halogens is 2. The fourth-order valence-electron chi connectivity index (χ4n) is 2.48. The van der Waals surface area contributed by atoms with Gasteiger partial charge in [-0.3, -0.25) is 4.79 Å². The Morgan fingerprint density at radius 1 is 1.50 bits per heavy atom. The van der Waals surface area contributed by atoms with Crippen molar-refractivity contribution >= 4 is 40.1 Å². The molecule has 0 aliphatic rings. The van der Waals surface area contributed by atoms with E-state index >= 15 is 0 Å². The maximum absolute atomic E-state index is 11.3. The molecule has 1 unspecified atom stereocenters. The number of fused-ring (bicyclic) bond motifs is 1. The molecule has 6 heteroatoms. The monoisotopic (exact) mass is 313 g/mol. The van der Waals surface area contributed by atoms with Gasteiger partial charge in [0.05, 0.1) is 16.4 Å². The van der Waals surface area contributed by atoms with Gasteiger partial charge in [0, 0.05) is 17.0 Å². The summed E-state index contributed by atoms with van der Waals surface area (Å²) in [7, 11) is 0. The molecular weight excluding hydrogens is 297 g/mol. The highest BCUT2D eigenvalue weighted by atomic mass is 35.5. The Kier molecular flexibility index (Phi) is 3.98. The van der Waals surface area contributed by atoms with Crippen LogP contribution in [0.5, 0.6) is 0 Å². The van der Waals surface area contributed by atoms with Crippen molar-refractivity contribution in [1.29, 1.82) is 0 Å². The van der Waals surface area contributed by atoms with E-state index < -0.39 is 5.54 Å². The second-order valence-electron chi connectivity index (χ2n) is 5.51. The second kappa shape index (κ2) is 5.26. The molecule has 1 amide bonds. The van der Waals surface area contributed by atoms with E-state index in [9.17, 15) is 4.79 Å². The predicted octanol–water partition coefficient (Wildman–Crippen LogP) is 3.60. The molecule has 108 valence electrons. The van der Waals surface area contributed by atoms with E-state index in [0.717, 1.165) is 11.0 Å². The third-order valence-electron chi connectivity index (χ3n) is 3.21. The van der Waals surface area contributed by atoms with Crippen molar-refractivity contribution < 1.29 is 4.79 Å². The van der Waals surface area contributed by atoms with Crippen LogP contribution in [-0.4, -0.2) is 15.5 Å². The minimum atomic E-state index is -0.524. The molecule has 20 heavy (non-hydrogen) atoms. The number of amides is 1. The summed E-state index contributed by atoms with van der Waals surface area (Å²) in [5.74, 6) is 0.335. The molecule has 0 bridgehead atoms. The number of carbonyl (C=O) groups is 1. The second-order valence-corrected chi connectivity index (χ2v) is 6.60. The van der Waals surface area contributed by atoms with Gasteiger partial charge in [-0.05, 0) is 39.0 Å². The van der Waals surface area contributed by atoms with Crippen LogP contribution in [0.2, 0.25) is 5.02 Å². The molecular formula is C14H17Cl2N3O. The Bertz CT molecular complexity index is 662. The zero-order chi connectivity index (χ0) is 15.1. The summed E-state index contributed by atoms with van der Waals surface area (Å²) in [6.45, 7) is 5.71. The molecule has 0 aliphatic heterocycles. The van der Waals surface area contributed by atoms with Gasteiger partial charge in [0.1, 0.15) is 5.82 Å². The van der Waals surface area contributed by atoms with Gasteiger partial charge in [-0.2, -0.15) is 0 Å². The molecule has 0 radical (unpaired) electrons. The highest BCUT2D eigenvalue weighted by Crippen LogP contribution is 2.33. The molecule has 0 fully saturated rings. The molecule has 4 nitrogen and oxygen atoms in total. The Morgan fingerprint density at radius 2 is 2.15 bits per heavy atom. The summed E-state index contributed by atoms with van der Waals surface area (Å²) in [6.07, 6.45) is 0.196. The number of benzene rings is 1. The fraction of sp³-hybridized carbons (Fsp3) is 0.429. The smallest absolute Gasteiger partial charge is 0.219 e. The molecule has 1 atom stereocenters. The lowest BCUT2D eigenvalue weighted by Gasteiger charge is -2.29. The third kappa shape index (κ3) is 2.76. The Labute approximate surface area is 127 Å². The largest absolute Gasteiger partial charge is 0.370 e. The summed E-state index contributed by atoms with van der Waals surface area (Å²) in [5.41, 5.74) is 6.48. The van der Waals surface area contributed by atoms with Gasteiger partial charge < -0.3 is 10.3 Å². The summed E-state index contributed by atoms with van der Waals surface area (Å²) >= 11 is 12.3. The van der Waals surface area contributed by atoms with Crippen molar-refractivity contribution in [3.63, 3.8) is 0 Å². The van der Waals surface area contributed by atoms with E-state index in [1.165, 1.54) is 0 Å². The van der Waals surface area contributed by atoms with Gasteiger partial charge in [-0.15, -0.1) is 11.6 Å². The van der Waals surface area contributed by atoms with Crippen LogP contribution in [0.4, 0.5) is 0 Å². The SMILES string of the molecule is CC(Cl)c1nc2ccc(Cl)cc2n1C(C)(C)CC(N)=O. The molecule has 2 N–H and O–H groups in total. The lowest BCUT2D eigenvalue weighted by atomic mass is 9.99. The van der Waals surface area contributed by atoms with Crippen LogP contribution < -0.4 is 5.73 Å². The minimum absolute atomic E-state index is 0.196. The van der Waals surface area contributed by atoms with Crippen molar-refractivity contribution in [3.8, 4) is 0 Å². The zero-order valence-corrected chi connectivity index (χ0v) is 13.2. The fourth-order valence-corrected chi connectivity index (χ4v) is 2.79. The van der Waals surface area contributed by atoms with Crippen molar-refractivity contribution in [2.75, 3.05) is 0 Å². The first-order valence-electron chi connectivity index (χ1n) is 6.33. The predicted molar refractivity (Wildman–Crippen MR) is 82.1 cm³/mol. The van der Waals surface area contributed by atoms with Gasteiger partial charge in [0.15, 0.2) is 0 Å². The normalized spacial score (nSPS) is 13.7. The maximum atomic E-state index is 11.3. The minimum Gasteiger partial charge on any atom is -0.370 e. The number of hydrogen-bond acceptors (Lipinski definition) is 2. The van der Waals surface area contributed by atoms with E-state index in [-0.39, 0.29) is 17.7 Å². The van der Waals surface area contributed by atoms with Crippen LogP contribution in [-0.2, 0) is 10.3 Å². The number of hydrogen-bond donors (Lipinski definition) is 1. The Hall–Kier alpha value is -1.26. The average molecular weight is 314 g/mol. The first kappa shape index (κ1) is 15.1. The summed E-state index contributed by atoms with van der Waals surface area (Å²) in [5, 5.41) is 0.329. The van der Waals surface area contributed by atoms with Crippen molar-refractivity contribution in [1.82, 2.24) is 9.55 Å². The summed E-state index contributed by atoms with van der Waals surface area (Å²) in [4.78, 5) is 15.9. The Balaban J connectivity index is 2.73. The van der Waals surface area contributed by atoms with Gasteiger partial charge in [0.2, 0.25) is 5.91 Å². The zero-order valence-electron chi connectivity index (χ0n) is 11.7. The van der Waals surface area contributed by atoms with Crippen molar-refractivity contribution in [3.05, 3.63) is 29.0 Å². The van der Waals surface area contributed by atoms with E-state index in [2.05, 4.69) is 4.98 Å². The lowest BCUT2D eigenvalue weighted by Crippen LogP contribution is -2.33. The topological polar surface area (TPSA) is 60.9 Å². The number of nitrogens with zero attached hydrogens (tertiary/aromatic N) is 2. The average Bonchev–Trinajstić information content (AvgIpc) is 2.66. The Morgan fingerprint density at radius 3 is 2.70 bits per heavy atom. The molecule has 2 aromatic rings. The first-order chi connectivity index (χ1) is 9.22. The highest BCUT2D eigenvalue weighted by molar-refractivity contribution is 6.31. The first-order valence-corrected chi connectivity index (χ1v) is 7.14. The molecule has 0 aliphatic carbocycles. The lowest BCUT2D eigenvalue weighted by molar-refractivity contribution is -0.119. The number of rotatable bonds is 4. The quantitative estimate of drug-likeness (QED) is 0.877. The van der Waals surface area contributed by atoms with Crippen LogP contribution in [0.3, 0.4) is 0 Å². The molecule has 1 heterocycles. The summed E-state index contributed by atoms with van der Waals surface area (Å²) in [6, 6.07) is 5.46. The van der Waals surface area contributed by atoms with Crippen molar-refractivity contribution in [2.24, 2.45) is 5.73 Å². The van der Waals surface area contributed by atoms with E-state index in [4.69, 9.17) is 28.9 Å². The molecule has 1 aromatic heterocycles. The molecule has 0 spiro atoms. The number of alkyl halides is 1. The molecule has 1 aromatic carbocycles. The van der Waals surface area contributed by atoms with Gasteiger partial charge in [0.25, 0.3) is 0 Å². The number of nitrogens with two attached hydrogens (primary N) is 1. The van der Waals surface area contributed by atoms with Crippen LogP contribution in [0, 0.1) is 0 Å². The summed E-state index contributed by atoms with van der Waals surface area (Å²) < 4.78 is 1.96. The number of aromatic nitrogens is 2. The van der Waals surface area contributed by atoms with Gasteiger partial charge in [-0.1, -0.05) is 11.6 Å². The van der Waals surface area contributed by atoms with Crippen LogP contribution >= 0.6 is 23.2 Å². The number of imidazole rings is 1. The van der Waals surface area contributed by atoms with E-state index in [1.54, 1.807) is 6.07 Å². The molecule has 2 rings (SSSR count). The molecule has 0 saturated carbocycles. The van der Waals surface area contributed by atoms with Gasteiger partial charge >= 0.3 is 0 Å². The van der Waals surface area contributed by atoms with Gasteiger partial charge in [-0.25, -0.2) is 4.98 Å². The highest BCUT2D eigenvalue weighted by Gasteiger charge is 2.29. The number of carbonyl (C=O) groups excluding carboxylic acids is 1. The van der Waals surface area contributed by atoms with Crippen LogP contribution in [0.1, 0.15) is 38.4 Å².